The van der Waals surface area contributed by atoms with E-state index in [9.17, 15) is 9.59 Å². The Morgan fingerprint density at radius 1 is 1.29 bits per heavy atom. The van der Waals surface area contributed by atoms with Crippen molar-refractivity contribution in [3.8, 4) is 5.75 Å². The number of carbonyl (C=O) groups is 2. The van der Waals surface area contributed by atoms with Gasteiger partial charge in [0, 0.05) is 11.5 Å². The molecule has 0 saturated heterocycles. The van der Waals surface area contributed by atoms with Crippen LogP contribution in [0.4, 0.5) is 0 Å². The summed E-state index contributed by atoms with van der Waals surface area (Å²) in [6, 6.07) is 7.38. The van der Waals surface area contributed by atoms with E-state index >= 15 is 0 Å². The number of para-hydroxylation sites is 1. The van der Waals surface area contributed by atoms with Gasteiger partial charge in [0.25, 0.3) is 0 Å². The Morgan fingerprint density at radius 2 is 1.95 bits per heavy atom. The van der Waals surface area contributed by atoms with Gasteiger partial charge >= 0.3 is 5.97 Å². The predicted molar refractivity (Wildman–Crippen MR) is 78.0 cm³/mol. The Kier molecular flexibility index (Phi) is 4.83. The summed E-state index contributed by atoms with van der Waals surface area (Å²) >= 11 is 0. The Labute approximate surface area is 124 Å². The van der Waals surface area contributed by atoms with Crippen molar-refractivity contribution in [2.75, 3.05) is 7.11 Å². The summed E-state index contributed by atoms with van der Waals surface area (Å²) in [6.07, 6.45) is 1.65. The second kappa shape index (κ2) is 6.61. The number of nitrogens with one attached hydrogen (secondary N) is 1. The number of benzene rings is 1. The minimum atomic E-state index is -0.803. The van der Waals surface area contributed by atoms with E-state index in [4.69, 9.17) is 9.84 Å². The van der Waals surface area contributed by atoms with Gasteiger partial charge in [-0.1, -0.05) is 18.2 Å². The second-order valence-corrected chi connectivity index (χ2v) is 5.52. The number of methoxy groups -OCH3 is 1. The largest absolute Gasteiger partial charge is 0.496 e. The minimum absolute atomic E-state index is 0.0721. The molecule has 0 heterocycles. The molecule has 0 spiro atoms. The first-order valence-electron chi connectivity index (χ1n) is 7.19. The van der Waals surface area contributed by atoms with Crippen molar-refractivity contribution in [3.05, 3.63) is 29.8 Å². The average Bonchev–Trinajstić information content (AvgIpc) is 2.97. The number of hydrogen-bond acceptors (Lipinski definition) is 3. The highest BCUT2D eigenvalue weighted by Gasteiger charge is 2.34. The van der Waals surface area contributed by atoms with Crippen molar-refractivity contribution >= 4 is 11.9 Å². The van der Waals surface area contributed by atoms with E-state index in [1.165, 1.54) is 0 Å². The van der Waals surface area contributed by atoms with E-state index in [2.05, 4.69) is 5.32 Å². The van der Waals surface area contributed by atoms with Crippen molar-refractivity contribution in [3.63, 3.8) is 0 Å². The fraction of sp³-hybridized carbons (Fsp3) is 0.500. The highest BCUT2D eigenvalue weighted by Crippen LogP contribution is 2.32. The summed E-state index contributed by atoms with van der Waals surface area (Å²) < 4.78 is 5.29. The van der Waals surface area contributed by atoms with Gasteiger partial charge in [0.15, 0.2) is 0 Å². The van der Waals surface area contributed by atoms with E-state index in [-0.39, 0.29) is 23.8 Å². The molecule has 0 radical (unpaired) electrons. The fourth-order valence-corrected chi connectivity index (χ4v) is 2.88. The normalized spacial score (nSPS) is 22.6. The smallest absolute Gasteiger partial charge is 0.306 e. The number of carboxylic acid groups (broad SMARTS) is 1. The van der Waals surface area contributed by atoms with E-state index in [1.807, 2.05) is 31.2 Å². The van der Waals surface area contributed by atoms with Crippen molar-refractivity contribution in [1.29, 1.82) is 0 Å². The maximum Gasteiger partial charge on any atom is 0.306 e. The summed E-state index contributed by atoms with van der Waals surface area (Å²) in [5.41, 5.74) is 0.918. The van der Waals surface area contributed by atoms with Gasteiger partial charge in [-0.15, -0.1) is 0 Å². The van der Waals surface area contributed by atoms with Crippen LogP contribution in [0, 0.1) is 11.8 Å². The molecule has 2 N–H and O–H groups in total. The molecule has 5 nitrogen and oxygen atoms in total. The standard InChI is InChI=1S/C16H21NO4/c1-10(13-5-3-4-6-14(13)21-2)17-15(18)11-7-8-12(9-11)16(19)20/h3-6,10-12H,7-9H2,1-2H3,(H,17,18)(H,19,20). The minimum Gasteiger partial charge on any atom is -0.496 e. The van der Waals surface area contributed by atoms with Crippen LogP contribution in [-0.4, -0.2) is 24.1 Å². The highest BCUT2D eigenvalue weighted by molar-refractivity contribution is 5.81. The second-order valence-electron chi connectivity index (χ2n) is 5.52. The Balaban J connectivity index is 1.98. The molecule has 3 unspecified atom stereocenters. The fourth-order valence-electron chi connectivity index (χ4n) is 2.88. The molecule has 1 saturated carbocycles. The van der Waals surface area contributed by atoms with Crippen LogP contribution in [0.5, 0.6) is 5.75 Å². The number of hydrogen-bond donors (Lipinski definition) is 2. The Morgan fingerprint density at radius 3 is 2.57 bits per heavy atom. The molecule has 5 heteroatoms. The van der Waals surface area contributed by atoms with Gasteiger partial charge in [-0.3, -0.25) is 9.59 Å². The van der Waals surface area contributed by atoms with Crippen molar-refractivity contribution in [2.45, 2.75) is 32.2 Å². The molecule has 1 aliphatic carbocycles. The third-order valence-corrected chi connectivity index (χ3v) is 4.12. The molecule has 1 fully saturated rings. The van der Waals surface area contributed by atoms with Crippen LogP contribution in [0.25, 0.3) is 0 Å². The lowest BCUT2D eigenvalue weighted by Gasteiger charge is -2.19. The molecule has 3 atom stereocenters. The molecule has 2 rings (SSSR count). The summed E-state index contributed by atoms with van der Waals surface area (Å²) in [7, 11) is 1.60. The van der Waals surface area contributed by atoms with Gasteiger partial charge < -0.3 is 15.2 Å². The Hall–Kier alpha value is -2.04. The SMILES string of the molecule is COc1ccccc1C(C)NC(=O)C1CCC(C(=O)O)C1. The highest BCUT2D eigenvalue weighted by atomic mass is 16.5. The molecule has 0 aromatic heterocycles. The third kappa shape index (κ3) is 3.54. The summed E-state index contributed by atoms with van der Waals surface area (Å²) in [5, 5.41) is 12.0. The van der Waals surface area contributed by atoms with E-state index in [0.717, 1.165) is 11.3 Å². The van der Waals surface area contributed by atoms with E-state index < -0.39 is 5.97 Å². The van der Waals surface area contributed by atoms with Gasteiger partial charge in [-0.05, 0) is 32.3 Å². The van der Waals surface area contributed by atoms with E-state index in [0.29, 0.717) is 19.3 Å². The number of carboxylic acids is 1. The van der Waals surface area contributed by atoms with Crippen molar-refractivity contribution in [1.82, 2.24) is 5.32 Å². The lowest BCUT2D eigenvalue weighted by Crippen LogP contribution is -2.32. The zero-order valence-corrected chi connectivity index (χ0v) is 12.3. The number of carbonyl (C=O) groups excluding carboxylic acids is 1. The first-order valence-corrected chi connectivity index (χ1v) is 7.19. The molecule has 114 valence electrons. The first-order chi connectivity index (χ1) is 10.0. The van der Waals surface area contributed by atoms with Gasteiger partial charge in [0.1, 0.15) is 5.75 Å². The molecule has 1 aliphatic rings. The van der Waals surface area contributed by atoms with Gasteiger partial charge in [0.05, 0.1) is 19.1 Å². The maximum atomic E-state index is 12.3. The number of ether oxygens (including phenoxy) is 1. The zero-order chi connectivity index (χ0) is 15.4. The number of amides is 1. The Bertz CT molecular complexity index is 529. The van der Waals surface area contributed by atoms with E-state index in [1.54, 1.807) is 7.11 Å². The summed E-state index contributed by atoms with van der Waals surface area (Å²) in [4.78, 5) is 23.2. The number of aliphatic carboxylic acids is 1. The van der Waals surface area contributed by atoms with Crippen LogP contribution < -0.4 is 10.1 Å². The molecule has 1 amide bonds. The quantitative estimate of drug-likeness (QED) is 0.873. The van der Waals surface area contributed by atoms with Crippen LogP contribution in [0.15, 0.2) is 24.3 Å². The maximum absolute atomic E-state index is 12.3. The lowest BCUT2D eigenvalue weighted by atomic mass is 10.0. The van der Waals surface area contributed by atoms with Crippen LogP contribution >= 0.6 is 0 Å². The van der Waals surface area contributed by atoms with Crippen molar-refractivity contribution < 1.29 is 19.4 Å². The zero-order valence-electron chi connectivity index (χ0n) is 12.3. The van der Waals surface area contributed by atoms with Gasteiger partial charge in [-0.2, -0.15) is 0 Å². The lowest BCUT2D eigenvalue weighted by molar-refractivity contribution is -0.141. The molecular weight excluding hydrogens is 270 g/mol. The summed E-state index contributed by atoms with van der Waals surface area (Å²) in [5.74, 6) is -0.731. The van der Waals surface area contributed by atoms with Crippen LogP contribution in [0.2, 0.25) is 0 Å². The van der Waals surface area contributed by atoms with Gasteiger partial charge in [0.2, 0.25) is 5.91 Å². The summed E-state index contributed by atoms with van der Waals surface area (Å²) in [6.45, 7) is 1.90. The van der Waals surface area contributed by atoms with Gasteiger partial charge in [-0.25, -0.2) is 0 Å². The molecule has 0 aliphatic heterocycles. The predicted octanol–water partition coefficient (Wildman–Crippen LogP) is 2.37. The molecule has 0 bridgehead atoms. The average molecular weight is 291 g/mol. The van der Waals surface area contributed by atoms with Crippen molar-refractivity contribution in [2.24, 2.45) is 11.8 Å². The van der Waals surface area contributed by atoms with Crippen LogP contribution in [0.3, 0.4) is 0 Å². The third-order valence-electron chi connectivity index (χ3n) is 4.12. The molecular formula is C16H21NO4. The molecule has 21 heavy (non-hydrogen) atoms. The monoisotopic (exact) mass is 291 g/mol. The van der Waals surface area contributed by atoms with Crippen LogP contribution in [0.1, 0.15) is 37.8 Å². The number of rotatable bonds is 5. The van der Waals surface area contributed by atoms with Crippen LogP contribution in [-0.2, 0) is 9.59 Å². The topological polar surface area (TPSA) is 75.6 Å². The molecule has 1 aromatic rings. The first kappa shape index (κ1) is 15.4. The molecule has 1 aromatic carbocycles.